The molecule has 1 heterocycles. The molecule has 4 nitrogen and oxygen atoms in total. The summed E-state index contributed by atoms with van der Waals surface area (Å²) in [7, 11) is 0. The van der Waals surface area contributed by atoms with Gasteiger partial charge in [-0.3, -0.25) is 9.69 Å². The first kappa shape index (κ1) is 12.5. The van der Waals surface area contributed by atoms with Gasteiger partial charge in [0.15, 0.2) is 0 Å². The van der Waals surface area contributed by atoms with Gasteiger partial charge in [-0.05, 0) is 20.8 Å². The minimum Gasteiger partial charge on any atom is -0.342 e. The van der Waals surface area contributed by atoms with Crippen LogP contribution in [0.15, 0.2) is 0 Å². The smallest absolute Gasteiger partial charge is 0.236 e. The second-order valence-corrected chi connectivity index (χ2v) is 4.09. The number of piperazine rings is 1. The molecule has 0 spiro atoms. The molecule has 0 aromatic rings. The van der Waals surface area contributed by atoms with Crippen molar-refractivity contribution in [1.82, 2.24) is 15.1 Å². The maximum absolute atomic E-state index is 11.9. The molecular weight excluding hydrogens is 190 g/mol. The first-order chi connectivity index (χ1) is 7.19. The van der Waals surface area contributed by atoms with Gasteiger partial charge in [0.25, 0.3) is 0 Å². The highest BCUT2D eigenvalue weighted by Crippen LogP contribution is 2.03. The van der Waals surface area contributed by atoms with Gasteiger partial charge >= 0.3 is 0 Å². The van der Waals surface area contributed by atoms with Gasteiger partial charge in [-0.15, -0.1) is 0 Å². The van der Waals surface area contributed by atoms with E-state index in [1.54, 1.807) is 0 Å². The molecule has 0 radical (unpaired) electrons. The molecule has 1 N–H and O–H groups in total. The Balaban J connectivity index is 2.41. The van der Waals surface area contributed by atoms with E-state index in [9.17, 15) is 4.79 Å². The standard InChI is InChI=1S/C11H23N3O/c1-4-13(5-2)11(15)9-14-7-6-12-8-10(14)3/h10,12H,4-9H2,1-3H3. The van der Waals surface area contributed by atoms with E-state index in [0.717, 1.165) is 32.7 Å². The molecule has 0 aromatic carbocycles. The summed E-state index contributed by atoms with van der Waals surface area (Å²) in [6, 6.07) is 0.471. The molecule has 1 atom stereocenters. The van der Waals surface area contributed by atoms with Crippen LogP contribution in [0, 0.1) is 0 Å². The SMILES string of the molecule is CCN(CC)C(=O)CN1CCNCC1C. The lowest BCUT2D eigenvalue weighted by Gasteiger charge is -2.34. The molecule has 0 aliphatic carbocycles. The van der Waals surface area contributed by atoms with Crippen molar-refractivity contribution in [2.75, 3.05) is 39.3 Å². The lowest BCUT2D eigenvalue weighted by Crippen LogP contribution is -2.53. The van der Waals surface area contributed by atoms with Crippen LogP contribution in [-0.4, -0.2) is 61.0 Å². The maximum atomic E-state index is 11.9. The second kappa shape index (κ2) is 6.08. The Kier molecular flexibility index (Phi) is 5.05. The summed E-state index contributed by atoms with van der Waals surface area (Å²) in [5, 5.41) is 3.33. The molecule has 0 bridgehead atoms. The molecule has 1 amide bonds. The summed E-state index contributed by atoms with van der Waals surface area (Å²) in [5.74, 6) is 0.258. The first-order valence-corrected chi connectivity index (χ1v) is 5.91. The predicted octanol–water partition coefficient (Wildman–Crippen LogP) is 0.149. The average molecular weight is 213 g/mol. The molecule has 1 unspecified atom stereocenters. The van der Waals surface area contributed by atoms with Gasteiger partial charge in [0.05, 0.1) is 6.54 Å². The second-order valence-electron chi connectivity index (χ2n) is 4.09. The van der Waals surface area contributed by atoms with Crippen molar-refractivity contribution in [3.63, 3.8) is 0 Å². The van der Waals surface area contributed by atoms with Crippen molar-refractivity contribution in [3.8, 4) is 0 Å². The van der Waals surface area contributed by atoms with Crippen LogP contribution in [0.4, 0.5) is 0 Å². The number of carbonyl (C=O) groups excluding carboxylic acids is 1. The van der Waals surface area contributed by atoms with E-state index in [2.05, 4.69) is 17.1 Å². The zero-order chi connectivity index (χ0) is 11.3. The third kappa shape index (κ3) is 3.47. The molecule has 0 saturated carbocycles. The van der Waals surface area contributed by atoms with Crippen LogP contribution in [0.1, 0.15) is 20.8 Å². The number of nitrogens with one attached hydrogen (secondary N) is 1. The third-order valence-corrected chi connectivity index (χ3v) is 3.09. The topological polar surface area (TPSA) is 35.6 Å². The third-order valence-electron chi connectivity index (χ3n) is 3.09. The van der Waals surface area contributed by atoms with Gasteiger partial charge < -0.3 is 10.2 Å². The van der Waals surface area contributed by atoms with Crippen molar-refractivity contribution in [2.24, 2.45) is 0 Å². The number of rotatable bonds is 4. The van der Waals surface area contributed by atoms with Crippen molar-refractivity contribution in [2.45, 2.75) is 26.8 Å². The van der Waals surface area contributed by atoms with Crippen LogP contribution in [0.2, 0.25) is 0 Å². The van der Waals surface area contributed by atoms with Crippen LogP contribution >= 0.6 is 0 Å². The van der Waals surface area contributed by atoms with Crippen LogP contribution in [0.3, 0.4) is 0 Å². The summed E-state index contributed by atoms with van der Waals surface area (Å²) >= 11 is 0. The number of likely N-dealkylation sites (N-methyl/N-ethyl adjacent to an activating group) is 1. The minimum atomic E-state index is 0.258. The Morgan fingerprint density at radius 2 is 2.13 bits per heavy atom. The molecule has 1 rings (SSSR count). The Morgan fingerprint density at radius 3 is 2.67 bits per heavy atom. The number of amides is 1. The molecule has 4 heteroatoms. The maximum Gasteiger partial charge on any atom is 0.236 e. The number of nitrogens with zero attached hydrogens (tertiary/aromatic N) is 2. The summed E-state index contributed by atoms with van der Waals surface area (Å²) in [6.45, 7) is 11.4. The predicted molar refractivity (Wildman–Crippen MR) is 61.8 cm³/mol. The van der Waals surface area contributed by atoms with Gasteiger partial charge in [-0.1, -0.05) is 0 Å². The van der Waals surface area contributed by atoms with E-state index >= 15 is 0 Å². The molecule has 1 aliphatic heterocycles. The molecule has 15 heavy (non-hydrogen) atoms. The lowest BCUT2D eigenvalue weighted by atomic mass is 10.2. The Morgan fingerprint density at radius 1 is 1.47 bits per heavy atom. The molecule has 1 saturated heterocycles. The van der Waals surface area contributed by atoms with Crippen molar-refractivity contribution in [3.05, 3.63) is 0 Å². The van der Waals surface area contributed by atoms with Crippen LogP contribution in [-0.2, 0) is 4.79 Å². The van der Waals surface area contributed by atoms with Crippen LogP contribution < -0.4 is 5.32 Å². The monoisotopic (exact) mass is 213 g/mol. The van der Waals surface area contributed by atoms with Crippen LogP contribution in [0.5, 0.6) is 0 Å². The highest BCUT2D eigenvalue weighted by molar-refractivity contribution is 5.78. The number of hydrogen-bond acceptors (Lipinski definition) is 3. The van der Waals surface area contributed by atoms with E-state index in [-0.39, 0.29) is 5.91 Å². The van der Waals surface area contributed by atoms with E-state index < -0.39 is 0 Å². The summed E-state index contributed by atoms with van der Waals surface area (Å²) in [6.07, 6.45) is 0. The molecular formula is C11H23N3O. The zero-order valence-corrected chi connectivity index (χ0v) is 10.1. The highest BCUT2D eigenvalue weighted by atomic mass is 16.2. The Labute approximate surface area is 92.6 Å². The minimum absolute atomic E-state index is 0.258. The molecule has 0 aromatic heterocycles. The van der Waals surface area contributed by atoms with E-state index in [1.165, 1.54) is 0 Å². The lowest BCUT2D eigenvalue weighted by molar-refractivity contribution is -0.132. The largest absolute Gasteiger partial charge is 0.342 e. The van der Waals surface area contributed by atoms with Crippen molar-refractivity contribution >= 4 is 5.91 Å². The summed E-state index contributed by atoms with van der Waals surface area (Å²) < 4.78 is 0. The van der Waals surface area contributed by atoms with Crippen molar-refractivity contribution in [1.29, 1.82) is 0 Å². The Bertz CT molecular complexity index is 204. The zero-order valence-electron chi connectivity index (χ0n) is 10.1. The summed E-state index contributed by atoms with van der Waals surface area (Å²) in [5.41, 5.74) is 0. The number of carbonyl (C=O) groups is 1. The fourth-order valence-electron chi connectivity index (χ4n) is 1.97. The molecule has 1 aliphatic rings. The number of hydrogen-bond donors (Lipinski definition) is 1. The molecule has 88 valence electrons. The normalized spacial score (nSPS) is 22.7. The van der Waals surface area contributed by atoms with E-state index in [4.69, 9.17) is 0 Å². The fraction of sp³-hybridized carbons (Fsp3) is 0.909. The van der Waals surface area contributed by atoms with Gasteiger partial charge in [-0.2, -0.15) is 0 Å². The van der Waals surface area contributed by atoms with E-state index in [0.29, 0.717) is 12.6 Å². The van der Waals surface area contributed by atoms with Gasteiger partial charge in [0.2, 0.25) is 5.91 Å². The quantitative estimate of drug-likeness (QED) is 0.722. The van der Waals surface area contributed by atoms with E-state index in [1.807, 2.05) is 18.7 Å². The average Bonchev–Trinajstić information content (AvgIpc) is 2.23. The van der Waals surface area contributed by atoms with Gasteiger partial charge in [0.1, 0.15) is 0 Å². The highest BCUT2D eigenvalue weighted by Gasteiger charge is 2.21. The van der Waals surface area contributed by atoms with Crippen molar-refractivity contribution < 1.29 is 4.79 Å². The van der Waals surface area contributed by atoms with Gasteiger partial charge in [0, 0.05) is 38.8 Å². The summed E-state index contributed by atoms with van der Waals surface area (Å²) in [4.78, 5) is 16.0. The Hall–Kier alpha value is -0.610. The van der Waals surface area contributed by atoms with Gasteiger partial charge in [-0.25, -0.2) is 0 Å². The molecule has 1 fully saturated rings. The fourth-order valence-corrected chi connectivity index (χ4v) is 1.97. The first-order valence-electron chi connectivity index (χ1n) is 5.91. The van der Waals surface area contributed by atoms with Crippen LogP contribution in [0.25, 0.3) is 0 Å².